The average molecular weight is 278 g/mol. The molecule has 0 saturated heterocycles. The molecule has 1 aliphatic rings. The lowest BCUT2D eigenvalue weighted by Crippen LogP contribution is -2.40. The third-order valence-corrected chi connectivity index (χ3v) is 3.35. The van der Waals surface area contributed by atoms with Crippen LogP contribution in [0.5, 0.6) is 0 Å². The molecule has 0 bridgehead atoms. The Morgan fingerprint density at radius 3 is 2.60 bits per heavy atom. The van der Waals surface area contributed by atoms with Crippen LogP contribution in [0.4, 0.5) is 4.39 Å². The van der Waals surface area contributed by atoms with E-state index >= 15 is 0 Å². The van der Waals surface area contributed by atoms with Crippen LogP contribution in [0.3, 0.4) is 0 Å². The third-order valence-electron chi connectivity index (χ3n) is 3.35. The van der Waals surface area contributed by atoms with Crippen molar-refractivity contribution in [1.82, 2.24) is 9.55 Å². The summed E-state index contributed by atoms with van der Waals surface area (Å²) in [5.74, 6) is 0. The summed E-state index contributed by atoms with van der Waals surface area (Å²) in [7, 11) is 0. The summed E-state index contributed by atoms with van der Waals surface area (Å²) in [6, 6.07) is 3.48. The Kier molecular flexibility index (Phi) is 2.79. The van der Waals surface area contributed by atoms with Gasteiger partial charge in [0.15, 0.2) is 0 Å². The number of nitrogens with zero attached hydrogens (tertiary/aromatic N) is 1. The van der Waals surface area contributed by atoms with E-state index in [9.17, 15) is 14.0 Å². The number of nitrogens with one attached hydrogen (secondary N) is 1. The fourth-order valence-electron chi connectivity index (χ4n) is 2.45. The maximum absolute atomic E-state index is 13.7. The minimum Gasteiger partial charge on any atom is -0.372 e. The Hall–Kier alpha value is -1.95. The lowest BCUT2D eigenvalue weighted by atomic mass is 10.1. The van der Waals surface area contributed by atoms with Crippen molar-refractivity contribution >= 4 is 10.9 Å². The topological polar surface area (TPSA) is 64.1 Å². The zero-order valence-electron chi connectivity index (χ0n) is 11.3. The van der Waals surface area contributed by atoms with E-state index in [0.29, 0.717) is 24.1 Å². The van der Waals surface area contributed by atoms with Crippen LogP contribution in [-0.4, -0.2) is 15.2 Å². The highest BCUT2D eigenvalue weighted by Gasteiger charge is 2.21. The van der Waals surface area contributed by atoms with Crippen molar-refractivity contribution in [3.05, 3.63) is 44.1 Å². The Balaban J connectivity index is 2.27. The molecule has 0 atom stereocenters. The maximum atomic E-state index is 13.7. The van der Waals surface area contributed by atoms with E-state index in [1.165, 1.54) is 13.8 Å². The highest BCUT2D eigenvalue weighted by atomic mass is 19.1. The number of fused-ring (bicyclic) bond motifs is 2. The average Bonchev–Trinajstić information content (AvgIpc) is 2.78. The monoisotopic (exact) mass is 278 g/mol. The Morgan fingerprint density at radius 2 is 1.95 bits per heavy atom. The number of hydrogen-bond donors (Lipinski definition) is 1. The van der Waals surface area contributed by atoms with Crippen molar-refractivity contribution < 1.29 is 9.13 Å². The van der Waals surface area contributed by atoms with E-state index in [1.54, 1.807) is 12.1 Å². The van der Waals surface area contributed by atoms with Crippen LogP contribution in [0.15, 0.2) is 21.7 Å². The van der Waals surface area contributed by atoms with Crippen LogP contribution in [0.25, 0.3) is 10.9 Å². The van der Waals surface area contributed by atoms with Crippen LogP contribution in [-0.2, 0) is 24.5 Å². The number of halogens is 1. The van der Waals surface area contributed by atoms with Crippen LogP contribution in [0.1, 0.15) is 25.0 Å². The fourth-order valence-corrected chi connectivity index (χ4v) is 2.45. The van der Waals surface area contributed by atoms with Crippen molar-refractivity contribution in [2.75, 3.05) is 0 Å². The second kappa shape index (κ2) is 4.28. The Morgan fingerprint density at radius 1 is 1.30 bits per heavy atom. The largest absolute Gasteiger partial charge is 0.372 e. The first-order valence-corrected chi connectivity index (χ1v) is 6.40. The van der Waals surface area contributed by atoms with Gasteiger partial charge in [0.2, 0.25) is 0 Å². The molecule has 20 heavy (non-hydrogen) atoms. The maximum Gasteiger partial charge on any atom is 0.328 e. The second-order valence-corrected chi connectivity index (χ2v) is 5.70. The Bertz CT molecular complexity index is 799. The van der Waals surface area contributed by atoms with Gasteiger partial charge in [0.1, 0.15) is 5.67 Å². The van der Waals surface area contributed by atoms with Gasteiger partial charge in [-0.2, -0.15) is 0 Å². The zero-order chi connectivity index (χ0) is 14.5. The van der Waals surface area contributed by atoms with Gasteiger partial charge in [0.05, 0.1) is 30.7 Å². The number of aromatic amines is 1. The van der Waals surface area contributed by atoms with E-state index < -0.39 is 16.9 Å². The summed E-state index contributed by atoms with van der Waals surface area (Å²) in [5, 5.41) is 0.387. The standard InChI is InChI=1S/C14H15FN2O3/c1-14(2,15)7-17-12(18)10-3-8-5-20-6-9(8)4-11(10)16-13(17)19/h3-4H,5-7H2,1-2H3,(H,16,19). The zero-order valence-corrected chi connectivity index (χ0v) is 11.3. The molecule has 1 N–H and O–H groups in total. The number of aromatic nitrogens is 2. The molecule has 2 aromatic rings. The number of rotatable bonds is 2. The molecule has 0 aliphatic carbocycles. The van der Waals surface area contributed by atoms with Gasteiger partial charge in [0.25, 0.3) is 5.56 Å². The van der Waals surface area contributed by atoms with Gasteiger partial charge in [-0.25, -0.2) is 9.18 Å². The molecule has 0 fully saturated rings. The number of ether oxygens (including phenoxy) is 1. The van der Waals surface area contributed by atoms with E-state index in [2.05, 4.69) is 4.98 Å². The number of H-pyrrole nitrogens is 1. The van der Waals surface area contributed by atoms with Gasteiger partial charge >= 0.3 is 5.69 Å². The molecular formula is C14H15FN2O3. The number of alkyl halides is 1. The van der Waals surface area contributed by atoms with Gasteiger partial charge in [-0.3, -0.25) is 9.36 Å². The molecule has 2 heterocycles. The molecule has 0 spiro atoms. The molecule has 106 valence electrons. The smallest absolute Gasteiger partial charge is 0.328 e. The first kappa shape index (κ1) is 13.1. The van der Waals surface area contributed by atoms with Gasteiger partial charge in [-0.1, -0.05) is 0 Å². The number of benzene rings is 1. The molecule has 5 nitrogen and oxygen atoms in total. The lowest BCUT2D eigenvalue weighted by molar-refractivity contribution is 0.134. The summed E-state index contributed by atoms with van der Waals surface area (Å²) >= 11 is 0. The quantitative estimate of drug-likeness (QED) is 0.904. The van der Waals surface area contributed by atoms with Crippen molar-refractivity contribution in [3.63, 3.8) is 0 Å². The van der Waals surface area contributed by atoms with Crippen LogP contribution >= 0.6 is 0 Å². The summed E-state index contributed by atoms with van der Waals surface area (Å²) in [6.45, 7) is 3.33. The van der Waals surface area contributed by atoms with Gasteiger partial charge in [-0.05, 0) is 37.1 Å². The predicted octanol–water partition coefficient (Wildman–Crippen LogP) is 1.47. The van der Waals surface area contributed by atoms with Gasteiger partial charge < -0.3 is 9.72 Å². The molecule has 1 aromatic heterocycles. The minimum atomic E-state index is -1.63. The summed E-state index contributed by atoms with van der Waals surface area (Å²) < 4.78 is 19.9. The van der Waals surface area contributed by atoms with Gasteiger partial charge in [0, 0.05) is 0 Å². The number of hydrogen-bond acceptors (Lipinski definition) is 3. The van der Waals surface area contributed by atoms with Crippen molar-refractivity contribution in [3.8, 4) is 0 Å². The highest BCUT2D eigenvalue weighted by Crippen LogP contribution is 2.23. The fraction of sp³-hybridized carbons (Fsp3) is 0.429. The molecule has 0 saturated carbocycles. The summed E-state index contributed by atoms with van der Waals surface area (Å²) in [5.41, 5.74) is -0.318. The van der Waals surface area contributed by atoms with Crippen LogP contribution < -0.4 is 11.2 Å². The molecular weight excluding hydrogens is 263 g/mol. The second-order valence-electron chi connectivity index (χ2n) is 5.70. The predicted molar refractivity (Wildman–Crippen MR) is 72.5 cm³/mol. The minimum absolute atomic E-state index is 0.273. The van der Waals surface area contributed by atoms with E-state index in [-0.39, 0.29) is 6.54 Å². The van der Waals surface area contributed by atoms with E-state index in [0.717, 1.165) is 15.7 Å². The SMILES string of the molecule is CC(C)(F)Cn1c(=O)[nH]c2cc3c(cc2c1=O)COC3. The van der Waals surface area contributed by atoms with Crippen molar-refractivity contribution in [2.24, 2.45) is 0 Å². The molecule has 0 radical (unpaired) electrons. The van der Waals surface area contributed by atoms with Crippen LogP contribution in [0, 0.1) is 0 Å². The van der Waals surface area contributed by atoms with Crippen LogP contribution in [0.2, 0.25) is 0 Å². The molecule has 0 amide bonds. The van der Waals surface area contributed by atoms with Gasteiger partial charge in [-0.15, -0.1) is 0 Å². The van der Waals surface area contributed by atoms with Crippen molar-refractivity contribution in [1.29, 1.82) is 0 Å². The molecule has 0 unspecified atom stereocenters. The summed E-state index contributed by atoms with van der Waals surface area (Å²) in [6.07, 6.45) is 0. The Labute approximate surface area is 114 Å². The molecule has 1 aliphatic heterocycles. The lowest BCUT2D eigenvalue weighted by Gasteiger charge is -2.15. The highest BCUT2D eigenvalue weighted by molar-refractivity contribution is 5.79. The molecule has 3 rings (SSSR count). The van der Waals surface area contributed by atoms with E-state index in [1.807, 2.05) is 0 Å². The first-order valence-electron chi connectivity index (χ1n) is 6.40. The first-order chi connectivity index (χ1) is 9.35. The third kappa shape index (κ3) is 2.16. The van der Waals surface area contributed by atoms with Crippen molar-refractivity contribution in [2.45, 2.75) is 39.3 Å². The summed E-state index contributed by atoms with van der Waals surface area (Å²) in [4.78, 5) is 26.9. The van der Waals surface area contributed by atoms with E-state index in [4.69, 9.17) is 4.74 Å². The molecule has 1 aromatic carbocycles. The molecule has 6 heteroatoms. The normalized spacial score (nSPS) is 14.8.